The second-order valence-corrected chi connectivity index (χ2v) is 2.75. The topological polar surface area (TPSA) is 29.6 Å². The van der Waals surface area contributed by atoms with Crippen LogP contribution in [0.3, 0.4) is 0 Å². The molecule has 0 bridgehead atoms. The van der Waals surface area contributed by atoms with Crippen LogP contribution in [-0.2, 0) is 9.53 Å². The Labute approximate surface area is 66.5 Å². The summed E-state index contributed by atoms with van der Waals surface area (Å²) in [4.78, 5) is 10.4. The number of ether oxygens (including phenoxy) is 1. The van der Waals surface area contributed by atoms with E-state index in [1.165, 1.54) is 0 Å². The van der Waals surface area contributed by atoms with E-state index in [0.29, 0.717) is 5.57 Å². The molecule has 60 valence electrons. The van der Waals surface area contributed by atoms with Crippen LogP contribution in [0.5, 0.6) is 0 Å². The summed E-state index contributed by atoms with van der Waals surface area (Å²) in [5.41, 5.74) is 1.63. The van der Waals surface area contributed by atoms with Gasteiger partial charge in [0.1, 0.15) is 12.0 Å². The summed E-state index contributed by atoms with van der Waals surface area (Å²) in [6.45, 7) is 5.75. The highest BCUT2D eigenvalue weighted by Gasteiger charge is 2.38. The minimum atomic E-state index is 0.00343. The van der Waals surface area contributed by atoms with Crippen molar-refractivity contribution in [2.45, 2.75) is 33.0 Å². The van der Waals surface area contributed by atoms with Crippen molar-refractivity contribution in [1.82, 2.24) is 0 Å². The number of allylic oxidation sites excluding steroid dienone is 1. The van der Waals surface area contributed by atoms with Crippen LogP contribution in [0.15, 0.2) is 17.2 Å². The monoisotopic (exact) mass is 152 g/mol. The van der Waals surface area contributed by atoms with Gasteiger partial charge in [0, 0.05) is 0 Å². The van der Waals surface area contributed by atoms with Gasteiger partial charge in [0.15, 0.2) is 0 Å². The third kappa shape index (κ3) is 1.59. The molecule has 1 aliphatic heterocycles. The molecule has 0 amide bonds. The number of hydrogen-bond acceptors (Lipinski definition) is 2. The molecule has 2 heteroatoms. The fraction of sp³-hybridized carbons (Fsp3) is 0.556. The van der Waals surface area contributed by atoms with Gasteiger partial charge in [-0.05, 0) is 26.3 Å². The van der Waals surface area contributed by atoms with Gasteiger partial charge in [-0.2, -0.15) is 0 Å². The molecule has 1 heterocycles. The Hall–Kier alpha value is -0.850. The molecule has 2 atom stereocenters. The zero-order chi connectivity index (χ0) is 8.43. The number of epoxide rings is 1. The molecule has 0 radical (unpaired) electrons. The predicted molar refractivity (Wildman–Crippen MR) is 43.0 cm³/mol. The maximum Gasteiger partial charge on any atom is 0.131 e. The van der Waals surface area contributed by atoms with Crippen molar-refractivity contribution in [3.63, 3.8) is 0 Å². The Balaban J connectivity index is 2.75. The second-order valence-electron chi connectivity index (χ2n) is 2.75. The van der Waals surface area contributed by atoms with Crippen molar-refractivity contribution >= 4 is 5.94 Å². The van der Waals surface area contributed by atoms with E-state index in [1.54, 1.807) is 0 Å². The van der Waals surface area contributed by atoms with Crippen molar-refractivity contribution in [1.29, 1.82) is 0 Å². The van der Waals surface area contributed by atoms with E-state index in [-0.39, 0.29) is 12.2 Å². The van der Waals surface area contributed by atoms with Crippen LogP contribution in [0.2, 0.25) is 0 Å². The molecule has 0 aromatic heterocycles. The van der Waals surface area contributed by atoms with E-state index in [9.17, 15) is 4.79 Å². The minimum absolute atomic E-state index is 0.00343. The average molecular weight is 152 g/mol. The van der Waals surface area contributed by atoms with Crippen molar-refractivity contribution in [2.75, 3.05) is 0 Å². The van der Waals surface area contributed by atoms with Crippen LogP contribution in [-0.4, -0.2) is 18.1 Å². The summed E-state index contributed by atoms with van der Waals surface area (Å²) >= 11 is 0. The summed E-state index contributed by atoms with van der Waals surface area (Å²) in [7, 11) is 0. The van der Waals surface area contributed by atoms with E-state index in [1.807, 2.05) is 32.8 Å². The fourth-order valence-electron chi connectivity index (χ4n) is 1.01. The highest BCUT2D eigenvalue weighted by atomic mass is 16.6. The zero-order valence-electron chi connectivity index (χ0n) is 7.05. The normalized spacial score (nSPS) is 29.5. The first-order valence-electron chi connectivity index (χ1n) is 3.74. The van der Waals surface area contributed by atoms with Gasteiger partial charge in [-0.25, -0.2) is 4.79 Å². The first kappa shape index (κ1) is 8.25. The molecule has 1 saturated heterocycles. The number of hydrogen-bond donors (Lipinski definition) is 0. The maximum atomic E-state index is 10.4. The average Bonchev–Trinajstić information content (AvgIpc) is 2.68. The Morgan fingerprint density at radius 1 is 1.64 bits per heavy atom. The molecule has 0 saturated carbocycles. The molecule has 0 spiro atoms. The number of carbonyl (C=O) groups excluding carboxylic acids is 1. The zero-order valence-corrected chi connectivity index (χ0v) is 7.05. The SMILES string of the molecule is CC=C(C)C(=C=O)C1OC1C. The summed E-state index contributed by atoms with van der Waals surface area (Å²) in [5.74, 6) is 1.92. The van der Waals surface area contributed by atoms with E-state index in [4.69, 9.17) is 4.74 Å². The van der Waals surface area contributed by atoms with Gasteiger partial charge in [0.25, 0.3) is 0 Å². The lowest BCUT2D eigenvalue weighted by atomic mass is 10.0. The smallest absolute Gasteiger partial charge is 0.131 e. The second kappa shape index (κ2) is 3.04. The molecule has 0 N–H and O–H groups in total. The summed E-state index contributed by atoms with van der Waals surface area (Å²) in [5, 5.41) is 0. The standard InChI is InChI=1S/C9H12O2/c1-4-6(2)8(5-10)9-7(3)11-9/h4,7,9H,1-3H3. The first-order valence-corrected chi connectivity index (χ1v) is 3.74. The molecule has 0 aromatic rings. The van der Waals surface area contributed by atoms with Gasteiger partial charge in [-0.15, -0.1) is 0 Å². The molecule has 2 unspecified atom stereocenters. The van der Waals surface area contributed by atoms with Gasteiger partial charge < -0.3 is 4.74 Å². The lowest BCUT2D eigenvalue weighted by Crippen LogP contribution is -1.98. The quantitative estimate of drug-likeness (QED) is 0.341. The molecule has 2 nitrogen and oxygen atoms in total. The Kier molecular flexibility index (Phi) is 2.28. The largest absolute Gasteiger partial charge is 0.364 e. The minimum Gasteiger partial charge on any atom is -0.364 e. The molecule has 11 heavy (non-hydrogen) atoms. The molecule has 0 aromatic carbocycles. The Bertz CT molecular complexity index is 234. The summed E-state index contributed by atoms with van der Waals surface area (Å²) in [6.07, 6.45) is 2.10. The first-order chi connectivity index (χ1) is 5.20. The molecule has 1 aliphatic rings. The van der Waals surface area contributed by atoms with Gasteiger partial charge in [-0.1, -0.05) is 6.08 Å². The molecule has 0 aliphatic carbocycles. The Morgan fingerprint density at radius 3 is 2.45 bits per heavy atom. The van der Waals surface area contributed by atoms with Crippen molar-refractivity contribution in [3.05, 3.63) is 17.2 Å². The maximum absolute atomic E-state index is 10.4. The molecule has 1 fully saturated rings. The predicted octanol–water partition coefficient (Wildman–Crippen LogP) is 1.50. The van der Waals surface area contributed by atoms with Gasteiger partial charge in [0.2, 0.25) is 0 Å². The van der Waals surface area contributed by atoms with Crippen LogP contribution in [0.25, 0.3) is 0 Å². The van der Waals surface area contributed by atoms with Gasteiger partial charge >= 0.3 is 0 Å². The lowest BCUT2D eigenvalue weighted by molar-refractivity contribution is 0.396. The summed E-state index contributed by atoms with van der Waals surface area (Å²) in [6, 6.07) is 0. The fourth-order valence-corrected chi connectivity index (χ4v) is 1.01. The van der Waals surface area contributed by atoms with E-state index in [0.717, 1.165) is 5.57 Å². The molecular formula is C9H12O2. The highest BCUT2D eigenvalue weighted by molar-refractivity contribution is 5.63. The van der Waals surface area contributed by atoms with Crippen molar-refractivity contribution in [3.8, 4) is 0 Å². The van der Waals surface area contributed by atoms with E-state index < -0.39 is 0 Å². The van der Waals surface area contributed by atoms with Crippen LogP contribution < -0.4 is 0 Å². The van der Waals surface area contributed by atoms with Gasteiger partial charge in [0.05, 0.1) is 11.7 Å². The van der Waals surface area contributed by atoms with Gasteiger partial charge in [-0.3, -0.25) is 0 Å². The Morgan fingerprint density at radius 2 is 2.18 bits per heavy atom. The van der Waals surface area contributed by atoms with Crippen LogP contribution in [0, 0.1) is 0 Å². The van der Waals surface area contributed by atoms with E-state index >= 15 is 0 Å². The van der Waals surface area contributed by atoms with E-state index in [2.05, 4.69) is 0 Å². The third-order valence-corrected chi connectivity index (χ3v) is 1.96. The van der Waals surface area contributed by atoms with Crippen molar-refractivity contribution < 1.29 is 9.53 Å². The van der Waals surface area contributed by atoms with Crippen molar-refractivity contribution in [2.24, 2.45) is 0 Å². The third-order valence-electron chi connectivity index (χ3n) is 1.96. The summed E-state index contributed by atoms with van der Waals surface area (Å²) < 4.78 is 5.15. The van der Waals surface area contributed by atoms with Crippen LogP contribution in [0.1, 0.15) is 20.8 Å². The highest BCUT2D eigenvalue weighted by Crippen LogP contribution is 2.30. The molecule has 1 rings (SSSR count). The number of rotatable bonds is 2. The van der Waals surface area contributed by atoms with Crippen LogP contribution >= 0.6 is 0 Å². The van der Waals surface area contributed by atoms with Crippen LogP contribution in [0.4, 0.5) is 0 Å². The molecular weight excluding hydrogens is 140 g/mol. The lowest BCUT2D eigenvalue weighted by Gasteiger charge is -1.96.